The Morgan fingerprint density at radius 3 is 2.50 bits per heavy atom. The average Bonchev–Trinajstić information content (AvgIpc) is 2.73. The molecular weight excluding hydrogens is 394 g/mol. The van der Waals surface area contributed by atoms with Gasteiger partial charge in [0.2, 0.25) is 12.2 Å². The highest BCUT2D eigenvalue weighted by Crippen LogP contribution is 2.33. The molecule has 1 amide bonds. The van der Waals surface area contributed by atoms with Crippen molar-refractivity contribution in [3.63, 3.8) is 0 Å². The van der Waals surface area contributed by atoms with Crippen molar-refractivity contribution < 1.29 is 39.5 Å². The van der Waals surface area contributed by atoms with Gasteiger partial charge in [0.25, 0.3) is 0 Å². The molecule has 30 heavy (non-hydrogen) atoms. The molecule has 1 aliphatic heterocycles. The molecule has 3 rings (SSSR count). The lowest BCUT2D eigenvalue weighted by molar-refractivity contribution is -0.244. The summed E-state index contributed by atoms with van der Waals surface area (Å²) in [5, 5.41) is 41.7. The molecular formula is C21H23NO8. The Balaban J connectivity index is 1.95. The summed E-state index contributed by atoms with van der Waals surface area (Å²) in [7, 11) is 0. The number of carbonyl (C=O) groups is 2. The maximum atomic E-state index is 11.6. The highest BCUT2D eigenvalue weighted by atomic mass is 16.7. The number of carbonyl (C=O) groups excluding carboxylic acids is 1. The van der Waals surface area contributed by atoms with Crippen molar-refractivity contribution in [3.8, 4) is 16.9 Å². The van der Waals surface area contributed by atoms with Crippen molar-refractivity contribution in [2.75, 3.05) is 6.61 Å². The van der Waals surface area contributed by atoms with Crippen molar-refractivity contribution >= 4 is 11.9 Å². The number of carboxylic acids is 1. The van der Waals surface area contributed by atoms with E-state index in [-0.39, 0.29) is 5.56 Å². The summed E-state index contributed by atoms with van der Waals surface area (Å²) in [6.07, 6.45) is -5.19. The van der Waals surface area contributed by atoms with Gasteiger partial charge in [-0.05, 0) is 23.8 Å². The van der Waals surface area contributed by atoms with Gasteiger partial charge in [0.15, 0.2) is 0 Å². The third kappa shape index (κ3) is 4.60. The zero-order valence-electron chi connectivity index (χ0n) is 16.1. The number of benzene rings is 2. The van der Waals surface area contributed by atoms with E-state index in [0.29, 0.717) is 16.9 Å². The number of ether oxygens (including phenoxy) is 2. The summed E-state index contributed by atoms with van der Waals surface area (Å²) in [6, 6.07) is 12.0. The first kappa shape index (κ1) is 21.7. The van der Waals surface area contributed by atoms with E-state index < -0.39 is 49.1 Å². The van der Waals surface area contributed by atoms with Crippen molar-refractivity contribution in [2.45, 2.75) is 37.6 Å². The zero-order chi connectivity index (χ0) is 21.8. The lowest BCUT2D eigenvalue weighted by Crippen LogP contribution is -2.65. The van der Waals surface area contributed by atoms with Crippen LogP contribution in [0.2, 0.25) is 0 Å². The highest BCUT2D eigenvalue weighted by Gasteiger charge is 2.46. The standard InChI is InChI=1S/C21H23NO8/c1-11(24)22-17-19(26)18(25)16(10-23)30-21(17)29-15-8-3-2-7-14(15)12-5-4-6-13(9-12)20(27)28/h2-9,16-19,21,23,25-26H,10H2,1H3,(H,22,24)(H,27,28). The molecule has 0 bridgehead atoms. The summed E-state index contributed by atoms with van der Waals surface area (Å²) in [5.41, 5.74) is 1.25. The second-order valence-electron chi connectivity index (χ2n) is 6.93. The number of aliphatic hydroxyl groups excluding tert-OH is 3. The van der Waals surface area contributed by atoms with Gasteiger partial charge in [0, 0.05) is 12.5 Å². The number of carboxylic acid groups (broad SMARTS) is 1. The molecule has 160 valence electrons. The molecule has 1 heterocycles. The molecule has 5 unspecified atom stereocenters. The van der Waals surface area contributed by atoms with E-state index in [1.165, 1.54) is 19.1 Å². The van der Waals surface area contributed by atoms with Gasteiger partial charge >= 0.3 is 5.97 Å². The van der Waals surface area contributed by atoms with Gasteiger partial charge < -0.3 is 35.2 Å². The summed E-state index contributed by atoms with van der Waals surface area (Å²) < 4.78 is 11.5. The summed E-state index contributed by atoms with van der Waals surface area (Å²) in [6.45, 7) is 0.687. The predicted molar refractivity (Wildman–Crippen MR) is 105 cm³/mol. The number of hydrogen-bond donors (Lipinski definition) is 5. The van der Waals surface area contributed by atoms with Crippen LogP contribution >= 0.6 is 0 Å². The Labute approximate surface area is 172 Å². The average molecular weight is 417 g/mol. The van der Waals surface area contributed by atoms with Crippen LogP contribution in [0.5, 0.6) is 5.75 Å². The molecule has 0 saturated carbocycles. The molecule has 2 aromatic rings. The Bertz CT molecular complexity index is 917. The van der Waals surface area contributed by atoms with Crippen LogP contribution in [-0.4, -0.2) is 69.6 Å². The molecule has 0 aliphatic carbocycles. The van der Waals surface area contributed by atoms with E-state index >= 15 is 0 Å². The molecule has 9 nitrogen and oxygen atoms in total. The molecule has 1 aliphatic rings. The number of aliphatic hydroxyl groups is 3. The Hall–Kier alpha value is -2.98. The van der Waals surface area contributed by atoms with Crippen LogP contribution in [0.25, 0.3) is 11.1 Å². The fourth-order valence-electron chi connectivity index (χ4n) is 3.32. The number of hydrogen-bond acceptors (Lipinski definition) is 7. The fraction of sp³-hybridized carbons (Fsp3) is 0.333. The normalized spacial score (nSPS) is 26.1. The van der Waals surface area contributed by atoms with Crippen molar-refractivity contribution in [1.82, 2.24) is 5.32 Å². The molecule has 1 saturated heterocycles. The Morgan fingerprint density at radius 1 is 1.10 bits per heavy atom. The van der Waals surface area contributed by atoms with Crippen molar-refractivity contribution in [2.24, 2.45) is 0 Å². The Kier molecular flexibility index (Phi) is 6.68. The van der Waals surface area contributed by atoms with Gasteiger partial charge in [-0.1, -0.05) is 30.3 Å². The third-order valence-corrected chi connectivity index (χ3v) is 4.80. The van der Waals surface area contributed by atoms with Gasteiger partial charge in [0.1, 0.15) is 30.1 Å². The first-order valence-electron chi connectivity index (χ1n) is 9.30. The number of nitrogens with one attached hydrogen (secondary N) is 1. The number of rotatable bonds is 6. The van der Waals surface area contributed by atoms with Crippen LogP contribution in [0, 0.1) is 0 Å². The van der Waals surface area contributed by atoms with E-state index in [4.69, 9.17) is 9.47 Å². The summed E-state index contributed by atoms with van der Waals surface area (Å²) >= 11 is 0. The van der Waals surface area contributed by atoms with Crippen LogP contribution < -0.4 is 10.1 Å². The van der Waals surface area contributed by atoms with Gasteiger partial charge in [-0.15, -0.1) is 0 Å². The van der Waals surface area contributed by atoms with E-state index in [1.807, 2.05) is 0 Å². The minimum Gasteiger partial charge on any atom is -0.478 e. The van der Waals surface area contributed by atoms with Crippen LogP contribution in [0.15, 0.2) is 48.5 Å². The quantitative estimate of drug-likeness (QED) is 0.453. The summed E-state index contributed by atoms with van der Waals surface area (Å²) in [5.74, 6) is -1.23. The predicted octanol–water partition coefficient (Wildman–Crippen LogP) is 0.374. The molecule has 5 N–H and O–H groups in total. The van der Waals surface area contributed by atoms with E-state index in [2.05, 4.69) is 5.32 Å². The van der Waals surface area contributed by atoms with Gasteiger partial charge in [-0.25, -0.2) is 4.79 Å². The fourth-order valence-corrected chi connectivity index (χ4v) is 3.32. The minimum absolute atomic E-state index is 0.103. The molecule has 0 radical (unpaired) electrons. The largest absolute Gasteiger partial charge is 0.478 e. The molecule has 5 atom stereocenters. The molecule has 2 aromatic carbocycles. The third-order valence-electron chi connectivity index (χ3n) is 4.80. The lowest BCUT2D eigenvalue weighted by Gasteiger charge is -2.42. The summed E-state index contributed by atoms with van der Waals surface area (Å²) in [4.78, 5) is 22.9. The van der Waals surface area contributed by atoms with Gasteiger partial charge in [-0.2, -0.15) is 0 Å². The first-order chi connectivity index (χ1) is 14.3. The SMILES string of the molecule is CC(=O)NC1C(Oc2ccccc2-c2cccc(C(=O)O)c2)OC(CO)C(O)C1O. The second kappa shape index (κ2) is 9.23. The maximum Gasteiger partial charge on any atom is 0.335 e. The zero-order valence-corrected chi connectivity index (χ0v) is 16.1. The second-order valence-corrected chi connectivity index (χ2v) is 6.93. The number of para-hydroxylation sites is 1. The monoisotopic (exact) mass is 417 g/mol. The maximum absolute atomic E-state index is 11.6. The molecule has 1 fully saturated rings. The van der Waals surface area contributed by atoms with E-state index in [1.54, 1.807) is 36.4 Å². The van der Waals surface area contributed by atoms with E-state index in [9.17, 15) is 30.0 Å². The van der Waals surface area contributed by atoms with Crippen LogP contribution in [0.4, 0.5) is 0 Å². The van der Waals surface area contributed by atoms with Crippen LogP contribution in [0.3, 0.4) is 0 Å². The van der Waals surface area contributed by atoms with E-state index in [0.717, 1.165) is 0 Å². The van der Waals surface area contributed by atoms with Crippen LogP contribution in [0.1, 0.15) is 17.3 Å². The van der Waals surface area contributed by atoms with Crippen molar-refractivity contribution in [1.29, 1.82) is 0 Å². The molecule has 0 spiro atoms. The topological polar surface area (TPSA) is 146 Å². The number of amides is 1. The van der Waals surface area contributed by atoms with Gasteiger partial charge in [0.05, 0.1) is 12.2 Å². The Morgan fingerprint density at radius 2 is 1.83 bits per heavy atom. The van der Waals surface area contributed by atoms with Crippen molar-refractivity contribution in [3.05, 3.63) is 54.1 Å². The smallest absolute Gasteiger partial charge is 0.335 e. The first-order valence-corrected chi connectivity index (χ1v) is 9.30. The highest BCUT2D eigenvalue weighted by molar-refractivity contribution is 5.89. The lowest BCUT2D eigenvalue weighted by atomic mass is 9.96. The molecule has 9 heteroatoms. The van der Waals surface area contributed by atoms with Gasteiger partial charge in [-0.3, -0.25) is 4.79 Å². The van der Waals surface area contributed by atoms with Crippen LogP contribution in [-0.2, 0) is 9.53 Å². The number of aromatic carboxylic acids is 1. The molecule has 0 aromatic heterocycles. The minimum atomic E-state index is -1.44.